The molecular formula is C17H19FN2O. The summed E-state index contributed by atoms with van der Waals surface area (Å²) >= 11 is 0. The molecule has 0 heterocycles. The summed E-state index contributed by atoms with van der Waals surface area (Å²) in [5.41, 5.74) is 7.65. The zero-order valence-corrected chi connectivity index (χ0v) is 11.9. The second kappa shape index (κ2) is 6.99. The standard InChI is InChI=1S/C17H19FN2O/c1-12(14-8-5-9-15(18)11-14)20-17(21)16(19)10-13-6-3-2-4-7-13/h2-9,11-12,16H,10,19H2,1H3,(H,20,21)/t12-,16+/m0/s1. The quantitative estimate of drug-likeness (QED) is 0.887. The number of hydrogen-bond donors (Lipinski definition) is 2. The number of carbonyl (C=O) groups is 1. The Morgan fingerprint density at radius 2 is 1.90 bits per heavy atom. The van der Waals surface area contributed by atoms with Crippen LogP contribution in [0.4, 0.5) is 4.39 Å². The van der Waals surface area contributed by atoms with Gasteiger partial charge in [-0.25, -0.2) is 4.39 Å². The molecule has 4 heteroatoms. The van der Waals surface area contributed by atoms with E-state index in [1.54, 1.807) is 12.1 Å². The summed E-state index contributed by atoms with van der Waals surface area (Å²) < 4.78 is 13.2. The molecule has 3 nitrogen and oxygen atoms in total. The number of halogens is 1. The summed E-state index contributed by atoms with van der Waals surface area (Å²) in [4.78, 5) is 12.1. The van der Waals surface area contributed by atoms with Crippen molar-refractivity contribution < 1.29 is 9.18 Å². The highest BCUT2D eigenvalue weighted by atomic mass is 19.1. The lowest BCUT2D eigenvalue weighted by molar-refractivity contribution is -0.123. The van der Waals surface area contributed by atoms with Gasteiger partial charge in [0.05, 0.1) is 12.1 Å². The maximum Gasteiger partial charge on any atom is 0.237 e. The summed E-state index contributed by atoms with van der Waals surface area (Å²) in [6, 6.07) is 14.9. The first kappa shape index (κ1) is 15.2. The monoisotopic (exact) mass is 286 g/mol. The third kappa shape index (κ3) is 4.39. The minimum absolute atomic E-state index is 0.240. The Labute approximate surface area is 124 Å². The number of hydrogen-bond acceptors (Lipinski definition) is 2. The average Bonchev–Trinajstić information content (AvgIpc) is 2.48. The molecule has 110 valence electrons. The minimum Gasteiger partial charge on any atom is -0.348 e. The summed E-state index contributed by atoms with van der Waals surface area (Å²) in [7, 11) is 0. The maximum absolute atomic E-state index is 13.2. The fraction of sp³-hybridized carbons (Fsp3) is 0.235. The molecule has 2 rings (SSSR count). The van der Waals surface area contributed by atoms with Gasteiger partial charge in [0.1, 0.15) is 5.82 Å². The molecule has 3 N–H and O–H groups in total. The van der Waals surface area contributed by atoms with Gasteiger partial charge in [0.25, 0.3) is 0 Å². The SMILES string of the molecule is C[C@H](NC(=O)[C@H](N)Cc1ccccc1)c1cccc(F)c1. The van der Waals surface area contributed by atoms with Crippen LogP contribution in [0.2, 0.25) is 0 Å². The molecule has 0 saturated carbocycles. The highest BCUT2D eigenvalue weighted by Crippen LogP contribution is 2.13. The Kier molecular flexibility index (Phi) is 5.06. The van der Waals surface area contributed by atoms with Crippen molar-refractivity contribution >= 4 is 5.91 Å². The van der Waals surface area contributed by atoms with Crippen LogP contribution >= 0.6 is 0 Å². The lowest BCUT2D eigenvalue weighted by Gasteiger charge is -2.18. The third-order valence-electron chi connectivity index (χ3n) is 3.34. The highest BCUT2D eigenvalue weighted by molar-refractivity contribution is 5.82. The summed E-state index contributed by atoms with van der Waals surface area (Å²) in [6.07, 6.45) is 0.475. The van der Waals surface area contributed by atoms with Crippen molar-refractivity contribution in [1.29, 1.82) is 0 Å². The first-order valence-electron chi connectivity index (χ1n) is 6.91. The lowest BCUT2D eigenvalue weighted by Crippen LogP contribution is -2.42. The highest BCUT2D eigenvalue weighted by Gasteiger charge is 2.17. The van der Waals surface area contributed by atoms with Gasteiger partial charge in [0, 0.05) is 0 Å². The Hall–Kier alpha value is -2.20. The van der Waals surface area contributed by atoms with Gasteiger partial charge in [-0.1, -0.05) is 42.5 Å². The maximum atomic E-state index is 13.2. The van der Waals surface area contributed by atoms with E-state index in [0.29, 0.717) is 6.42 Å². The fourth-order valence-corrected chi connectivity index (χ4v) is 2.14. The summed E-state index contributed by atoms with van der Waals surface area (Å²) in [5, 5.41) is 2.81. The molecule has 2 aromatic rings. The largest absolute Gasteiger partial charge is 0.348 e. The number of carbonyl (C=O) groups excluding carboxylic acids is 1. The van der Waals surface area contributed by atoms with Crippen LogP contribution in [-0.4, -0.2) is 11.9 Å². The van der Waals surface area contributed by atoms with Crippen LogP contribution in [-0.2, 0) is 11.2 Å². The van der Waals surface area contributed by atoms with E-state index in [1.807, 2.05) is 37.3 Å². The lowest BCUT2D eigenvalue weighted by atomic mass is 10.0. The molecule has 0 bridgehead atoms. The van der Waals surface area contributed by atoms with Crippen LogP contribution in [0.1, 0.15) is 24.1 Å². The molecule has 0 saturated heterocycles. The van der Waals surface area contributed by atoms with Crippen molar-refractivity contribution in [1.82, 2.24) is 5.32 Å². The number of rotatable bonds is 5. The van der Waals surface area contributed by atoms with E-state index in [-0.39, 0.29) is 17.8 Å². The first-order chi connectivity index (χ1) is 10.1. The Morgan fingerprint density at radius 3 is 2.57 bits per heavy atom. The number of nitrogens with two attached hydrogens (primary N) is 1. The second-order valence-corrected chi connectivity index (χ2v) is 5.08. The molecule has 0 aliphatic heterocycles. The molecule has 0 aromatic heterocycles. The van der Waals surface area contributed by atoms with E-state index in [1.165, 1.54) is 12.1 Å². The van der Waals surface area contributed by atoms with Gasteiger partial charge in [-0.15, -0.1) is 0 Å². The summed E-state index contributed by atoms with van der Waals surface area (Å²) in [5.74, 6) is -0.558. The zero-order valence-electron chi connectivity index (χ0n) is 11.9. The van der Waals surface area contributed by atoms with Crippen molar-refractivity contribution in [2.75, 3.05) is 0 Å². The number of benzene rings is 2. The molecule has 0 unspecified atom stereocenters. The molecule has 2 atom stereocenters. The van der Waals surface area contributed by atoms with Crippen LogP contribution in [0.25, 0.3) is 0 Å². The summed E-state index contributed by atoms with van der Waals surface area (Å²) in [6.45, 7) is 1.81. The van der Waals surface area contributed by atoms with Crippen LogP contribution in [0, 0.1) is 5.82 Å². The Morgan fingerprint density at radius 1 is 1.19 bits per heavy atom. The van der Waals surface area contributed by atoms with Gasteiger partial charge >= 0.3 is 0 Å². The number of amides is 1. The van der Waals surface area contributed by atoms with Crippen molar-refractivity contribution in [3.05, 3.63) is 71.5 Å². The van der Waals surface area contributed by atoms with Gasteiger partial charge in [0.15, 0.2) is 0 Å². The fourth-order valence-electron chi connectivity index (χ4n) is 2.14. The minimum atomic E-state index is -0.622. The predicted octanol–water partition coefficient (Wildman–Crippen LogP) is 2.57. The molecule has 0 aliphatic rings. The van der Waals surface area contributed by atoms with Gasteiger partial charge in [0.2, 0.25) is 5.91 Å². The zero-order chi connectivity index (χ0) is 15.2. The molecule has 1 amide bonds. The van der Waals surface area contributed by atoms with Gasteiger partial charge in [-0.3, -0.25) is 4.79 Å². The third-order valence-corrected chi connectivity index (χ3v) is 3.34. The molecule has 2 aromatic carbocycles. The normalized spacial score (nSPS) is 13.5. The van der Waals surface area contributed by atoms with E-state index in [2.05, 4.69) is 5.32 Å². The van der Waals surface area contributed by atoms with E-state index in [9.17, 15) is 9.18 Å². The number of nitrogens with one attached hydrogen (secondary N) is 1. The van der Waals surface area contributed by atoms with Gasteiger partial charge in [-0.05, 0) is 36.6 Å². The van der Waals surface area contributed by atoms with Gasteiger partial charge in [-0.2, -0.15) is 0 Å². The topological polar surface area (TPSA) is 55.1 Å². The molecule has 21 heavy (non-hydrogen) atoms. The van der Waals surface area contributed by atoms with E-state index < -0.39 is 6.04 Å². The smallest absolute Gasteiger partial charge is 0.237 e. The predicted molar refractivity (Wildman–Crippen MR) is 81.1 cm³/mol. The second-order valence-electron chi connectivity index (χ2n) is 5.08. The molecule has 0 aliphatic carbocycles. The first-order valence-corrected chi connectivity index (χ1v) is 6.91. The van der Waals surface area contributed by atoms with Crippen LogP contribution < -0.4 is 11.1 Å². The average molecular weight is 286 g/mol. The van der Waals surface area contributed by atoms with Crippen molar-refractivity contribution in [3.8, 4) is 0 Å². The van der Waals surface area contributed by atoms with Crippen LogP contribution in [0.3, 0.4) is 0 Å². The van der Waals surface area contributed by atoms with E-state index in [4.69, 9.17) is 5.73 Å². The van der Waals surface area contributed by atoms with Crippen molar-refractivity contribution in [2.24, 2.45) is 5.73 Å². The van der Waals surface area contributed by atoms with Crippen molar-refractivity contribution in [2.45, 2.75) is 25.4 Å². The molecule has 0 fully saturated rings. The Bertz CT molecular complexity index is 601. The van der Waals surface area contributed by atoms with Crippen molar-refractivity contribution in [3.63, 3.8) is 0 Å². The van der Waals surface area contributed by atoms with Gasteiger partial charge < -0.3 is 11.1 Å². The molecule has 0 spiro atoms. The van der Waals surface area contributed by atoms with E-state index >= 15 is 0 Å². The van der Waals surface area contributed by atoms with E-state index in [0.717, 1.165) is 11.1 Å². The molecule has 0 radical (unpaired) electrons. The van der Waals surface area contributed by atoms with Crippen LogP contribution in [0.15, 0.2) is 54.6 Å². The molecular weight excluding hydrogens is 267 g/mol. The Balaban J connectivity index is 1.94. The van der Waals surface area contributed by atoms with Crippen LogP contribution in [0.5, 0.6) is 0 Å².